The molecule has 9 heteroatoms. The van der Waals surface area contributed by atoms with Crippen molar-refractivity contribution in [3.05, 3.63) is 18.2 Å². The molecule has 0 bridgehead atoms. The molecule has 0 aromatic carbocycles. The maximum absolute atomic E-state index is 13.3. The Labute approximate surface area is 138 Å². The van der Waals surface area contributed by atoms with E-state index in [1.165, 1.54) is 19.4 Å². The Morgan fingerprint density at radius 2 is 2.04 bits per heavy atom. The number of imidazole rings is 1. The van der Waals surface area contributed by atoms with Crippen molar-refractivity contribution in [2.45, 2.75) is 56.3 Å². The molecule has 2 rings (SSSR count). The van der Waals surface area contributed by atoms with Gasteiger partial charge in [0, 0.05) is 38.4 Å². The molecule has 0 radical (unpaired) electrons. The second-order valence-corrected chi connectivity index (χ2v) is 6.20. The average Bonchev–Trinajstić information content (AvgIpc) is 2.93. The molecule has 0 saturated heterocycles. The smallest absolute Gasteiger partial charge is 0.374 e. The first-order valence-electron chi connectivity index (χ1n) is 8.05. The van der Waals surface area contributed by atoms with Crippen LogP contribution in [0.5, 0.6) is 0 Å². The highest BCUT2D eigenvalue weighted by molar-refractivity contribution is 5.74. The fourth-order valence-corrected chi connectivity index (χ4v) is 2.98. The number of aliphatic hydroxyl groups is 1. The lowest BCUT2D eigenvalue weighted by Crippen LogP contribution is -2.48. The predicted molar refractivity (Wildman–Crippen MR) is 81.2 cm³/mol. The average molecular weight is 348 g/mol. The number of rotatable bonds is 5. The van der Waals surface area contributed by atoms with E-state index in [1.54, 1.807) is 0 Å². The summed E-state index contributed by atoms with van der Waals surface area (Å²) in [7, 11) is 1.38. The van der Waals surface area contributed by atoms with E-state index in [2.05, 4.69) is 15.6 Å². The van der Waals surface area contributed by atoms with E-state index in [0.29, 0.717) is 0 Å². The molecule has 3 N–H and O–H groups in total. The summed E-state index contributed by atoms with van der Waals surface area (Å²) in [6.07, 6.45) is 1.90. The van der Waals surface area contributed by atoms with Crippen molar-refractivity contribution < 1.29 is 23.1 Å². The summed E-state index contributed by atoms with van der Waals surface area (Å²) < 4.78 is 41.1. The summed E-state index contributed by atoms with van der Waals surface area (Å²) in [4.78, 5) is 15.4. The van der Waals surface area contributed by atoms with Gasteiger partial charge in [0.15, 0.2) is 0 Å². The van der Waals surface area contributed by atoms with Crippen molar-refractivity contribution in [1.29, 1.82) is 0 Å². The normalized spacial score (nSPS) is 18.9. The Morgan fingerprint density at radius 3 is 2.58 bits per heavy atom. The minimum atomic E-state index is -4.90. The number of aryl methyl sites for hydroxylation is 1. The molecule has 1 unspecified atom stereocenters. The van der Waals surface area contributed by atoms with Crippen LogP contribution in [0.4, 0.5) is 18.0 Å². The minimum absolute atomic E-state index is 0.0646. The fraction of sp³-hybridized carbons (Fsp3) is 0.733. The summed E-state index contributed by atoms with van der Waals surface area (Å²) in [5.74, 6) is -0.496. The molecule has 0 aliphatic heterocycles. The van der Waals surface area contributed by atoms with Crippen molar-refractivity contribution >= 4 is 6.03 Å². The Bertz CT molecular complexity index is 555. The van der Waals surface area contributed by atoms with E-state index >= 15 is 0 Å². The summed E-state index contributed by atoms with van der Waals surface area (Å²) in [6.45, 7) is -0.318. The maximum atomic E-state index is 13.3. The molecule has 2 amide bonds. The molecule has 1 saturated carbocycles. The van der Waals surface area contributed by atoms with Crippen LogP contribution < -0.4 is 10.6 Å². The molecule has 1 heterocycles. The summed E-state index contributed by atoms with van der Waals surface area (Å²) in [5.41, 5.74) is -3.11. The number of nitrogens with zero attached hydrogens (tertiary/aromatic N) is 2. The highest BCUT2D eigenvalue weighted by atomic mass is 19.4. The molecule has 1 aliphatic rings. The van der Waals surface area contributed by atoms with Crippen LogP contribution >= 0.6 is 0 Å². The molecule has 1 atom stereocenters. The third-order valence-corrected chi connectivity index (χ3v) is 4.37. The number of carbonyl (C=O) groups excluding carboxylic acids is 1. The number of hydrogen-bond acceptors (Lipinski definition) is 3. The van der Waals surface area contributed by atoms with Gasteiger partial charge in [-0.3, -0.25) is 0 Å². The van der Waals surface area contributed by atoms with E-state index in [4.69, 9.17) is 0 Å². The van der Waals surface area contributed by atoms with E-state index in [-0.39, 0.29) is 12.6 Å². The zero-order valence-corrected chi connectivity index (χ0v) is 13.6. The van der Waals surface area contributed by atoms with Crippen LogP contribution in [0.25, 0.3) is 0 Å². The molecule has 24 heavy (non-hydrogen) atoms. The molecule has 136 valence electrons. The van der Waals surface area contributed by atoms with Gasteiger partial charge in [0.25, 0.3) is 0 Å². The zero-order valence-electron chi connectivity index (χ0n) is 13.6. The summed E-state index contributed by atoms with van der Waals surface area (Å²) in [6, 6.07) is -0.443. The van der Waals surface area contributed by atoms with Gasteiger partial charge >= 0.3 is 12.2 Å². The molecule has 6 nitrogen and oxygen atoms in total. The molecule has 1 aliphatic carbocycles. The van der Waals surface area contributed by atoms with E-state index in [9.17, 15) is 23.1 Å². The summed E-state index contributed by atoms with van der Waals surface area (Å²) in [5, 5.41) is 15.3. The number of hydrogen-bond donors (Lipinski definition) is 3. The summed E-state index contributed by atoms with van der Waals surface area (Å²) >= 11 is 0. The lowest BCUT2D eigenvalue weighted by molar-refractivity contribution is -0.272. The molecular weight excluding hydrogens is 325 g/mol. The van der Waals surface area contributed by atoms with Crippen LogP contribution in [0.1, 0.15) is 44.3 Å². The molecule has 1 aromatic heterocycles. The quantitative estimate of drug-likeness (QED) is 0.763. The largest absolute Gasteiger partial charge is 0.424 e. The maximum Gasteiger partial charge on any atom is 0.424 e. The first-order valence-corrected chi connectivity index (χ1v) is 8.05. The fourth-order valence-electron chi connectivity index (χ4n) is 2.98. The van der Waals surface area contributed by atoms with E-state index < -0.39 is 30.1 Å². The number of amides is 2. The Balaban J connectivity index is 1.92. The van der Waals surface area contributed by atoms with Crippen LogP contribution in [-0.4, -0.2) is 39.5 Å². The number of carbonyl (C=O) groups is 1. The lowest BCUT2D eigenvalue weighted by atomic mass is 9.96. The van der Waals surface area contributed by atoms with Gasteiger partial charge in [-0.2, -0.15) is 13.2 Å². The van der Waals surface area contributed by atoms with Crippen molar-refractivity contribution in [2.24, 2.45) is 7.05 Å². The number of urea groups is 1. The Hall–Kier alpha value is -1.77. The van der Waals surface area contributed by atoms with Crippen molar-refractivity contribution in [3.63, 3.8) is 0 Å². The van der Waals surface area contributed by atoms with Gasteiger partial charge in [-0.05, 0) is 12.8 Å². The van der Waals surface area contributed by atoms with Gasteiger partial charge in [-0.1, -0.05) is 19.3 Å². The Kier molecular flexibility index (Phi) is 5.74. The number of nitrogens with one attached hydrogen (secondary N) is 2. The predicted octanol–water partition coefficient (Wildman–Crippen LogP) is 2.19. The topological polar surface area (TPSA) is 79.2 Å². The number of alkyl halides is 3. The number of halogens is 3. The van der Waals surface area contributed by atoms with Gasteiger partial charge in [0.2, 0.25) is 5.60 Å². The van der Waals surface area contributed by atoms with Crippen LogP contribution in [-0.2, 0) is 12.6 Å². The van der Waals surface area contributed by atoms with Crippen molar-refractivity contribution in [1.82, 2.24) is 20.2 Å². The standard InChI is InChI=1S/C15H23F3N4O2/c1-22-10-9-19-12(22)14(24,15(16,17)18)7-8-20-13(23)21-11-5-3-2-4-6-11/h9-11,24H,2-8H2,1H3,(H2,20,21,23). The first kappa shape index (κ1) is 18.6. The molecular formula is C15H23F3N4O2. The van der Waals surface area contributed by atoms with Gasteiger partial charge in [-0.15, -0.1) is 0 Å². The molecule has 0 spiro atoms. The van der Waals surface area contributed by atoms with E-state index in [1.807, 2.05) is 0 Å². The highest BCUT2D eigenvalue weighted by Crippen LogP contribution is 2.40. The van der Waals surface area contributed by atoms with Crippen molar-refractivity contribution in [2.75, 3.05) is 6.54 Å². The number of aromatic nitrogens is 2. The minimum Gasteiger partial charge on any atom is -0.374 e. The Morgan fingerprint density at radius 1 is 1.38 bits per heavy atom. The van der Waals surface area contributed by atoms with Gasteiger partial charge in [0.1, 0.15) is 5.82 Å². The lowest BCUT2D eigenvalue weighted by Gasteiger charge is -2.30. The molecule has 1 aromatic rings. The second kappa shape index (κ2) is 7.42. The van der Waals surface area contributed by atoms with Crippen LogP contribution in [0.15, 0.2) is 12.4 Å². The van der Waals surface area contributed by atoms with E-state index in [0.717, 1.165) is 36.7 Å². The SMILES string of the molecule is Cn1ccnc1C(O)(CCNC(=O)NC1CCCCC1)C(F)(F)F. The van der Waals surface area contributed by atoms with Gasteiger partial charge in [0.05, 0.1) is 0 Å². The second-order valence-electron chi connectivity index (χ2n) is 6.20. The third kappa shape index (κ3) is 4.19. The van der Waals surface area contributed by atoms with Gasteiger partial charge < -0.3 is 20.3 Å². The highest BCUT2D eigenvalue weighted by Gasteiger charge is 2.57. The monoisotopic (exact) mass is 348 g/mol. The third-order valence-electron chi connectivity index (χ3n) is 4.37. The van der Waals surface area contributed by atoms with Crippen molar-refractivity contribution in [3.8, 4) is 0 Å². The van der Waals surface area contributed by atoms with Crippen LogP contribution in [0, 0.1) is 0 Å². The molecule has 1 fully saturated rings. The zero-order chi connectivity index (χ0) is 17.8. The first-order chi connectivity index (χ1) is 11.2. The van der Waals surface area contributed by atoms with Crippen LogP contribution in [0.2, 0.25) is 0 Å². The van der Waals surface area contributed by atoms with Crippen LogP contribution in [0.3, 0.4) is 0 Å². The van der Waals surface area contributed by atoms with Gasteiger partial charge in [-0.25, -0.2) is 9.78 Å².